The fraction of sp³-hybridized carbons (Fsp3) is 0.500. The lowest BCUT2D eigenvalue weighted by Crippen LogP contribution is -2.68. The second-order valence-electron chi connectivity index (χ2n) is 10.6. The first-order valence-electron chi connectivity index (χ1n) is 12.3. The van der Waals surface area contributed by atoms with Crippen LogP contribution in [0.5, 0.6) is 0 Å². The molecule has 2 atom stereocenters. The second kappa shape index (κ2) is 10.4. The molecule has 2 aliphatic rings. The van der Waals surface area contributed by atoms with Crippen LogP contribution in [0.2, 0.25) is 5.04 Å². The highest BCUT2D eigenvalue weighted by Crippen LogP contribution is 2.36. The molecule has 2 aliphatic heterocycles. The Morgan fingerprint density at radius 2 is 1.37 bits per heavy atom. The van der Waals surface area contributed by atoms with Crippen LogP contribution in [0.3, 0.4) is 0 Å². The third-order valence-electron chi connectivity index (χ3n) is 6.89. The van der Waals surface area contributed by atoms with Crippen LogP contribution >= 0.6 is 0 Å². The van der Waals surface area contributed by atoms with E-state index in [-0.39, 0.29) is 23.7 Å². The van der Waals surface area contributed by atoms with E-state index in [9.17, 15) is 8.42 Å². The largest absolute Gasteiger partial charge is 0.404 e. The summed E-state index contributed by atoms with van der Waals surface area (Å²) in [6, 6.07) is 21.5. The molecule has 0 amide bonds. The molecule has 2 heterocycles. The third-order valence-corrected chi connectivity index (χ3v) is 12.5. The molecule has 0 bridgehead atoms. The molecule has 4 rings (SSSR count). The van der Waals surface area contributed by atoms with E-state index >= 15 is 0 Å². The topological polar surface area (TPSA) is 79.7 Å². The average Bonchev–Trinajstić information content (AvgIpc) is 2.83. The summed E-state index contributed by atoms with van der Waals surface area (Å²) in [5.74, 6) is 0.945. The Morgan fingerprint density at radius 1 is 0.886 bits per heavy atom. The lowest BCUT2D eigenvalue weighted by Gasteiger charge is -2.44. The van der Waals surface area contributed by atoms with Gasteiger partial charge in [0, 0.05) is 12.8 Å². The van der Waals surface area contributed by atoms with Crippen LogP contribution in [0.25, 0.3) is 0 Å². The molecular formula is C26H38N3O4SSi+. The summed E-state index contributed by atoms with van der Waals surface area (Å²) < 4.78 is 37.3. The van der Waals surface area contributed by atoms with Crippen LogP contribution in [0.1, 0.15) is 33.6 Å². The van der Waals surface area contributed by atoms with Crippen LogP contribution in [0.15, 0.2) is 60.7 Å². The normalized spacial score (nSPS) is 21.1. The Hall–Kier alpha value is -2.20. The number of guanidine groups is 1. The van der Waals surface area contributed by atoms with Crippen molar-refractivity contribution in [3.05, 3.63) is 60.7 Å². The standard InChI is InChI=1S/C26H37N3O4SSi/c1-26(2,3)35(23-11-7-5-8-12-23,24-13-9-6-10-14-24)33-20-22-16-18-29-17-15-21(27-25(29)28-22)19-32-34(4,30)31/h5-14,21-22H,15-20H2,1-4H3,(H,27,28)/p+1. The summed E-state index contributed by atoms with van der Waals surface area (Å²) in [6.45, 7) is 9.41. The fourth-order valence-corrected chi connectivity index (χ4v) is 10.2. The minimum absolute atomic E-state index is 0.0418. The van der Waals surface area contributed by atoms with E-state index in [1.165, 1.54) is 10.4 Å². The number of rotatable bonds is 8. The van der Waals surface area contributed by atoms with Gasteiger partial charge in [0.2, 0.25) is 0 Å². The molecule has 35 heavy (non-hydrogen) atoms. The van der Waals surface area contributed by atoms with Gasteiger partial charge in [-0.1, -0.05) is 81.4 Å². The smallest absolute Gasteiger partial charge is 0.346 e. The van der Waals surface area contributed by atoms with Gasteiger partial charge in [-0.3, -0.25) is 19.4 Å². The maximum atomic E-state index is 11.4. The van der Waals surface area contributed by atoms with Gasteiger partial charge < -0.3 is 4.43 Å². The Balaban J connectivity index is 1.53. The van der Waals surface area contributed by atoms with E-state index in [2.05, 4.69) is 96.6 Å². The SMILES string of the molecule is CC(C)(C)[Si](OCC1CC[N+]2=C(N1)NC(COS(C)(=O)=O)CC2)(c1ccccc1)c1ccccc1. The summed E-state index contributed by atoms with van der Waals surface area (Å²) in [5.41, 5.74) is 0. The molecule has 0 fully saturated rings. The zero-order chi connectivity index (χ0) is 25.1. The maximum Gasteiger partial charge on any atom is 0.346 e. The molecule has 2 aromatic rings. The van der Waals surface area contributed by atoms with Gasteiger partial charge in [0.15, 0.2) is 0 Å². The minimum atomic E-state index is -3.45. The van der Waals surface area contributed by atoms with Crippen LogP contribution in [0, 0.1) is 0 Å². The van der Waals surface area contributed by atoms with Crippen molar-refractivity contribution in [2.45, 2.75) is 50.7 Å². The number of hydrogen-bond donors (Lipinski definition) is 2. The average molecular weight is 517 g/mol. The Bertz CT molecular complexity index is 1090. The second-order valence-corrected chi connectivity index (χ2v) is 16.5. The molecule has 7 nitrogen and oxygen atoms in total. The number of benzene rings is 2. The van der Waals surface area contributed by atoms with E-state index in [1.807, 2.05) is 0 Å². The van der Waals surface area contributed by atoms with Crippen molar-refractivity contribution in [1.82, 2.24) is 10.6 Å². The molecular weight excluding hydrogens is 478 g/mol. The van der Waals surface area contributed by atoms with Gasteiger partial charge in [-0.2, -0.15) is 8.42 Å². The van der Waals surface area contributed by atoms with Crippen molar-refractivity contribution in [2.75, 3.05) is 32.6 Å². The molecule has 0 aliphatic carbocycles. The Kier molecular flexibility index (Phi) is 7.70. The first-order valence-corrected chi connectivity index (χ1v) is 16.1. The quantitative estimate of drug-likeness (QED) is 0.316. The molecule has 0 aromatic heterocycles. The Morgan fingerprint density at radius 3 is 1.83 bits per heavy atom. The maximum absolute atomic E-state index is 11.4. The zero-order valence-corrected chi connectivity index (χ0v) is 23.0. The summed E-state index contributed by atoms with van der Waals surface area (Å²) in [4.78, 5) is 0. The van der Waals surface area contributed by atoms with Crippen molar-refractivity contribution in [3.63, 3.8) is 0 Å². The van der Waals surface area contributed by atoms with Gasteiger partial charge in [0.05, 0.1) is 38.6 Å². The third kappa shape index (κ3) is 5.96. The molecule has 2 unspecified atom stereocenters. The molecule has 0 spiro atoms. The van der Waals surface area contributed by atoms with Crippen molar-refractivity contribution >= 4 is 34.8 Å². The highest BCUT2D eigenvalue weighted by Gasteiger charge is 2.50. The zero-order valence-electron chi connectivity index (χ0n) is 21.2. The monoisotopic (exact) mass is 516 g/mol. The van der Waals surface area contributed by atoms with Gasteiger partial charge in [0.1, 0.15) is 6.04 Å². The van der Waals surface area contributed by atoms with Crippen LogP contribution in [0.4, 0.5) is 0 Å². The van der Waals surface area contributed by atoms with Gasteiger partial charge >= 0.3 is 5.96 Å². The highest BCUT2D eigenvalue weighted by molar-refractivity contribution is 7.85. The summed E-state index contributed by atoms with van der Waals surface area (Å²) >= 11 is 0. The van der Waals surface area contributed by atoms with Crippen molar-refractivity contribution in [2.24, 2.45) is 0 Å². The number of nitrogens with zero attached hydrogens (tertiary/aromatic N) is 1. The van der Waals surface area contributed by atoms with Crippen molar-refractivity contribution in [1.29, 1.82) is 0 Å². The van der Waals surface area contributed by atoms with E-state index < -0.39 is 18.4 Å². The molecule has 2 N–H and O–H groups in total. The van der Waals surface area contributed by atoms with Gasteiger partial charge in [-0.15, -0.1) is 0 Å². The summed E-state index contributed by atoms with van der Waals surface area (Å²) in [7, 11) is -6.05. The molecule has 190 valence electrons. The number of nitrogens with one attached hydrogen (secondary N) is 2. The van der Waals surface area contributed by atoms with E-state index in [1.54, 1.807) is 0 Å². The van der Waals surface area contributed by atoms with Crippen molar-refractivity contribution in [3.8, 4) is 0 Å². The predicted molar refractivity (Wildman–Crippen MR) is 142 cm³/mol. The molecule has 2 aromatic carbocycles. The molecule has 0 saturated carbocycles. The van der Waals surface area contributed by atoms with Gasteiger partial charge in [-0.05, 0) is 15.4 Å². The van der Waals surface area contributed by atoms with E-state index in [0.717, 1.165) is 38.1 Å². The number of hydrogen-bond acceptors (Lipinski definition) is 6. The van der Waals surface area contributed by atoms with Crippen molar-refractivity contribution < 1.29 is 21.6 Å². The molecule has 0 radical (unpaired) electrons. The van der Waals surface area contributed by atoms with Gasteiger partial charge in [0.25, 0.3) is 18.4 Å². The van der Waals surface area contributed by atoms with Crippen LogP contribution in [-0.2, 0) is 18.7 Å². The van der Waals surface area contributed by atoms with Crippen LogP contribution < -0.4 is 21.0 Å². The van der Waals surface area contributed by atoms with E-state index in [4.69, 9.17) is 8.61 Å². The molecule has 0 saturated heterocycles. The molecule has 9 heteroatoms. The fourth-order valence-electron chi connectivity index (χ4n) is 5.16. The lowest BCUT2D eigenvalue weighted by molar-refractivity contribution is -0.542. The first kappa shape index (κ1) is 25.9. The highest BCUT2D eigenvalue weighted by atomic mass is 32.2. The lowest BCUT2D eigenvalue weighted by atomic mass is 10.1. The Labute approximate surface area is 210 Å². The predicted octanol–water partition coefficient (Wildman–Crippen LogP) is 1.63. The van der Waals surface area contributed by atoms with E-state index in [0.29, 0.717) is 6.61 Å². The van der Waals surface area contributed by atoms with Crippen LogP contribution in [-0.4, -0.2) is 71.9 Å². The van der Waals surface area contributed by atoms with Gasteiger partial charge in [-0.25, -0.2) is 0 Å². The first-order chi connectivity index (χ1) is 16.6. The minimum Gasteiger partial charge on any atom is -0.404 e. The summed E-state index contributed by atoms with van der Waals surface area (Å²) in [5, 5.41) is 9.56. The summed E-state index contributed by atoms with van der Waals surface area (Å²) in [6.07, 6.45) is 2.91.